The van der Waals surface area contributed by atoms with E-state index in [2.05, 4.69) is 5.32 Å². The van der Waals surface area contributed by atoms with Gasteiger partial charge >= 0.3 is 0 Å². The van der Waals surface area contributed by atoms with Gasteiger partial charge in [0.25, 0.3) is 0 Å². The number of anilines is 1. The van der Waals surface area contributed by atoms with Gasteiger partial charge in [0.15, 0.2) is 0 Å². The highest BCUT2D eigenvalue weighted by Crippen LogP contribution is 2.47. The number of amides is 2. The first-order valence-electron chi connectivity index (χ1n) is 7.13. The monoisotopic (exact) mass is 307 g/mol. The first kappa shape index (κ1) is 14.4. The van der Waals surface area contributed by atoms with E-state index in [0.29, 0.717) is 17.5 Å². The summed E-state index contributed by atoms with van der Waals surface area (Å²) in [5, 5.41) is 3.11. The van der Waals surface area contributed by atoms with Gasteiger partial charge in [-0.05, 0) is 49.3 Å². The SMILES string of the molecule is NC(=O)c1cc(NC(=O)C2C3CCC(C3)C2N)ccc1Cl. The molecule has 6 heteroatoms. The topological polar surface area (TPSA) is 98.2 Å². The standard InChI is InChI=1S/C15H18ClN3O2/c16-11-4-3-9(6-10(11)14(18)20)19-15(21)12-7-1-2-8(5-7)13(12)17/h3-4,6-8,12-13H,1-2,5,17H2,(H2,18,20)(H,19,21). The molecule has 5 N–H and O–H groups in total. The number of carbonyl (C=O) groups excluding carboxylic acids is 2. The fourth-order valence-corrected chi connectivity index (χ4v) is 3.95. The summed E-state index contributed by atoms with van der Waals surface area (Å²) in [5.74, 6) is 0.0154. The van der Waals surface area contributed by atoms with Crippen LogP contribution in [0.5, 0.6) is 0 Å². The van der Waals surface area contributed by atoms with Gasteiger partial charge in [-0.15, -0.1) is 0 Å². The van der Waals surface area contributed by atoms with E-state index in [1.807, 2.05) is 0 Å². The molecule has 2 saturated carbocycles. The summed E-state index contributed by atoms with van der Waals surface area (Å²) in [6, 6.07) is 4.65. The molecule has 0 aromatic heterocycles. The van der Waals surface area contributed by atoms with Crippen LogP contribution in [0, 0.1) is 17.8 Å². The highest BCUT2D eigenvalue weighted by molar-refractivity contribution is 6.34. The molecular weight excluding hydrogens is 290 g/mol. The molecular formula is C15H18ClN3O2. The Bertz CT molecular complexity index is 603. The van der Waals surface area contributed by atoms with E-state index in [1.165, 1.54) is 6.07 Å². The quantitative estimate of drug-likeness (QED) is 0.793. The van der Waals surface area contributed by atoms with E-state index in [4.69, 9.17) is 23.1 Å². The van der Waals surface area contributed by atoms with Crippen LogP contribution in [0.1, 0.15) is 29.6 Å². The van der Waals surface area contributed by atoms with Crippen LogP contribution in [-0.4, -0.2) is 17.9 Å². The van der Waals surface area contributed by atoms with Crippen molar-refractivity contribution in [2.24, 2.45) is 29.2 Å². The Morgan fingerprint density at radius 3 is 2.57 bits per heavy atom. The smallest absolute Gasteiger partial charge is 0.250 e. The zero-order valence-electron chi connectivity index (χ0n) is 11.5. The van der Waals surface area contributed by atoms with E-state index >= 15 is 0 Å². The number of nitrogens with two attached hydrogens (primary N) is 2. The Kier molecular flexibility index (Phi) is 3.63. The summed E-state index contributed by atoms with van der Waals surface area (Å²) in [6.45, 7) is 0. The van der Waals surface area contributed by atoms with Crippen LogP contribution < -0.4 is 16.8 Å². The first-order chi connectivity index (χ1) is 9.97. The summed E-state index contributed by atoms with van der Waals surface area (Å²) in [7, 11) is 0. The average molecular weight is 308 g/mol. The van der Waals surface area contributed by atoms with Crippen LogP contribution in [0.3, 0.4) is 0 Å². The maximum Gasteiger partial charge on any atom is 0.250 e. The van der Waals surface area contributed by atoms with E-state index in [-0.39, 0.29) is 28.5 Å². The molecule has 21 heavy (non-hydrogen) atoms. The lowest BCUT2D eigenvalue weighted by atomic mass is 9.84. The largest absolute Gasteiger partial charge is 0.366 e. The van der Waals surface area contributed by atoms with Gasteiger partial charge in [-0.1, -0.05) is 11.6 Å². The number of fused-ring (bicyclic) bond motifs is 2. The van der Waals surface area contributed by atoms with Gasteiger partial charge in [-0.25, -0.2) is 0 Å². The van der Waals surface area contributed by atoms with Crippen LogP contribution in [0.25, 0.3) is 0 Å². The molecule has 2 amide bonds. The molecule has 0 heterocycles. The number of rotatable bonds is 3. The normalized spacial score (nSPS) is 30.4. The number of benzene rings is 1. The Morgan fingerprint density at radius 1 is 1.24 bits per heavy atom. The average Bonchev–Trinajstić information content (AvgIpc) is 3.01. The second kappa shape index (κ2) is 5.31. The minimum atomic E-state index is -0.618. The van der Waals surface area contributed by atoms with Gasteiger partial charge in [0.1, 0.15) is 0 Å². The van der Waals surface area contributed by atoms with E-state index in [9.17, 15) is 9.59 Å². The molecule has 4 atom stereocenters. The van der Waals surface area contributed by atoms with Crippen molar-refractivity contribution >= 4 is 29.1 Å². The molecule has 1 aromatic rings. The van der Waals surface area contributed by atoms with E-state index < -0.39 is 5.91 Å². The fraction of sp³-hybridized carbons (Fsp3) is 0.467. The number of halogens is 1. The van der Waals surface area contributed by atoms with Gasteiger partial charge in [-0.3, -0.25) is 9.59 Å². The molecule has 0 aliphatic heterocycles. The number of hydrogen-bond donors (Lipinski definition) is 3. The highest BCUT2D eigenvalue weighted by Gasteiger charge is 2.49. The zero-order chi connectivity index (χ0) is 15.1. The van der Waals surface area contributed by atoms with Crippen molar-refractivity contribution in [2.45, 2.75) is 25.3 Å². The molecule has 3 rings (SSSR count). The second-order valence-electron chi connectivity index (χ2n) is 5.98. The molecule has 4 unspecified atom stereocenters. The molecule has 112 valence electrons. The zero-order valence-corrected chi connectivity index (χ0v) is 12.3. The van der Waals surface area contributed by atoms with Crippen LogP contribution in [0.4, 0.5) is 5.69 Å². The summed E-state index contributed by atoms with van der Waals surface area (Å²) in [6.07, 6.45) is 3.25. The van der Waals surface area contributed by atoms with Crippen molar-refractivity contribution in [3.8, 4) is 0 Å². The van der Waals surface area contributed by atoms with Crippen molar-refractivity contribution in [1.29, 1.82) is 0 Å². The van der Waals surface area contributed by atoms with Crippen LogP contribution in [0.15, 0.2) is 18.2 Å². The van der Waals surface area contributed by atoms with Crippen molar-refractivity contribution < 1.29 is 9.59 Å². The van der Waals surface area contributed by atoms with Gasteiger partial charge in [0.2, 0.25) is 11.8 Å². The second-order valence-corrected chi connectivity index (χ2v) is 6.39. The van der Waals surface area contributed by atoms with Crippen molar-refractivity contribution in [1.82, 2.24) is 0 Å². The van der Waals surface area contributed by atoms with Gasteiger partial charge in [0, 0.05) is 11.7 Å². The Morgan fingerprint density at radius 2 is 1.95 bits per heavy atom. The number of nitrogens with one attached hydrogen (secondary N) is 1. The minimum absolute atomic E-state index is 0.0633. The maximum atomic E-state index is 12.4. The summed E-state index contributed by atoms with van der Waals surface area (Å²) < 4.78 is 0. The van der Waals surface area contributed by atoms with Gasteiger partial charge in [0.05, 0.1) is 16.5 Å². The van der Waals surface area contributed by atoms with Gasteiger partial charge < -0.3 is 16.8 Å². The lowest BCUT2D eigenvalue weighted by Gasteiger charge is -2.27. The number of primary amides is 1. The molecule has 0 radical (unpaired) electrons. The lowest BCUT2D eigenvalue weighted by molar-refractivity contribution is -0.121. The molecule has 1 aromatic carbocycles. The van der Waals surface area contributed by atoms with E-state index in [1.54, 1.807) is 12.1 Å². The number of carbonyl (C=O) groups is 2. The molecule has 0 saturated heterocycles. The molecule has 2 aliphatic rings. The Balaban J connectivity index is 1.76. The minimum Gasteiger partial charge on any atom is -0.366 e. The van der Waals surface area contributed by atoms with E-state index in [0.717, 1.165) is 19.3 Å². The van der Waals surface area contributed by atoms with Crippen LogP contribution in [0.2, 0.25) is 5.02 Å². The summed E-state index contributed by atoms with van der Waals surface area (Å²) >= 11 is 5.90. The highest BCUT2D eigenvalue weighted by atomic mass is 35.5. The number of hydrogen-bond acceptors (Lipinski definition) is 3. The van der Waals surface area contributed by atoms with Crippen molar-refractivity contribution in [3.05, 3.63) is 28.8 Å². The molecule has 2 bridgehead atoms. The molecule has 2 fully saturated rings. The van der Waals surface area contributed by atoms with Gasteiger partial charge in [-0.2, -0.15) is 0 Å². The third kappa shape index (κ3) is 2.51. The molecule has 2 aliphatic carbocycles. The first-order valence-corrected chi connectivity index (χ1v) is 7.51. The van der Waals surface area contributed by atoms with Crippen molar-refractivity contribution in [2.75, 3.05) is 5.32 Å². The Labute approximate surface area is 128 Å². The van der Waals surface area contributed by atoms with Crippen molar-refractivity contribution in [3.63, 3.8) is 0 Å². The molecule has 0 spiro atoms. The summed E-state index contributed by atoms with van der Waals surface area (Å²) in [4.78, 5) is 23.7. The third-order valence-electron chi connectivity index (χ3n) is 4.78. The maximum absolute atomic E-state index is 12.4. The van der Waals surface area contributed by atoms with Crippen LogP contribution in [-0.2, 0) is 4.79 Å². The van der Waals surface area contributed by atoms with Crippen LogP contribution >= 0.6 is 11.6 Å². The predicted octanol–water partition coefficient (Wildman–Crippen LogP) is 1.75. The fourth-order valence-electron chi connectivity index (χ4n) is 3.74. The molecule has 5 nitrogen and oxygen atoms in total. The summed E-state index contributed by atoms with van der Waals surface area (Å²) in [5.41, 5.74) is 12.1. The predicted molar refractivity (Wildman–Crippen MR) is 80.9 cm³/mol. The Hall–Kier alpha value is -1.59. The lowest BCUT2D eigenvalue weighted by Crippen LogP contribution is -2.42. The third-order valence-corrected chi connectivity index (χ3v) is 5.11.